The molecule has 1 N–H and O–H groups in total. The largest absolute Gasteiger partial charge is 0.497 e. The lowest BCUT2D eigenvalue weighted by Gasteiger charge is -2.21. The number of amides is 1. The summed E-state index contributed by atoms with van der Waals surface area (Å²) in [6.07, 6.45) is 4.18. The van der Waals surface area contributed by atoms with Gasteiger partial charge in [-0.2, -0.15) is 5.10 Å². The Balaban J connectivity index is 1.60. The average molecular weight is 317 g/mol. The molecule has 1 atom stereocenters. The van der Waals surface area contributed by atoms with Crippen LogP contribution >= 0.6 is 0 Å². The lowest BCUT2D eigenvalue weighted by Crippen LogP contribution is -2.33. The molecule has 1 amide bonds. The van der Waals surface area contributed by atoms with E-state index in [1.165, 1.54) is 0 Å². The number of carbonyl (C=O) groups is 1. The number of aromatic nitrogens is 2. The van der Waals surface area contributed by atoms with Crippen LogP contribution in [-0.4, -0.2) is 35.7 Å². The monoisotopic (exact) mass is 317 g/mol. The minimum Gasteiger partial charge on any atom is -0.497 e. The van der Waals surface area contributed by atoms with E-state index >= 15 is 0 Å². The van der Waals surface area contributed by atoms with Crippen molar-refractivity contribution in [3.05, 3.63) is 42.2 Å². The molecule has 0 unspecified atom stereocenters. The molecule has 1 aliphatic heterocycles. The molecule has 1 aromatic carbocycles. The van der Waals surface area contributed by atoms with Crippen molar-refractivity contribution in [1.29, 1.82) is 0 Å². The van der Waals surface area contributed by atoms with Crippen molar-refractivity contribution in [2.75, 3.05) is 13.7 Å². The Morgan fingerprint density at radius 2 is 2.13 bits per heavy atom. The summed E-state index contributed by atoms with van der Waals surface area (Å²) >= 11 is 0. The van der Waals surface area contributed by atoms with Crippen molar-refractivity contribution < 1.29 is 19.1 Å². The highest BCUT2D eigenvalue weighted by Crippen LogP contribution is 2.15. The molecule has 1 aromatic heterocycles. The first-order valence-electron chi connectivity index (χ1n) is 7.54. The average Bonchev–Trinajstić information content (AvgIpc) is 3.11. The molecule has 2 aromatic rings. The topological polar surface area (TPSA) is 74.6 Å². The van der Waals surface area contributed by atoms with Crippen LogP contribution in [0, 0.1) is 0 Å². The van der Waals surface area contributed by atoms with Crippen LogP contribution in [0.5, 0.6) is 5.75 Å². The summed E-state index contributed by atoms with van der Waals surface area (Å²) in [5.41, 5.74) is 3.50. The van der Waals surface area contributed by atoms with E-state index in [2.05, 4.69) is 10.6 Å². The van der Waals surface area contributed by atoms with Crippen molar-refractivity contribution in [3.8, 4) is 11.4 Å². The first-order chi connectivity index (χ1) is 11.3. The van der Waals surface area contributed by atoms with Crippen LogP contribution in [0.25, 0.3) is 5.69 Å². The van der Waals surface area contributed by atoms with Gasteiger partial charge in [-0.25, -0.2) is 15.0 Å². The van der Waals surface area contributed by atoms with E-state index < -0.39 is 5.91 Å². The molecular formula is C16H19N3O4. The molecule has 23 heavy (non-hydrogen) atoms. The van der Waals surface area contributed by atoms with E-state index in [9.17, 15) is 4.79 Å². The summed E-state index contributed by atoms with van der Waals surface area (Å²) < 4.78 is 12.1. The fourth-order valence-corrected chi connectivity index (χ4v) is 2.30. The van der Waals surface area contributed by atoms with E-state index in [4.69, 9.17) is 14.3 Å². The van der Waals surface area contributed by atoms with Crippen LogP contribution in [0.15, 0.2) is 36.5 Å². The van der Waals surface area contributed by atoms with E-state index in [0.29, 0.717) is 6.61 Å². The molecule has 0 spiro atoms. The second-order valence-electron chi connectivity index (χ2n) is 5.19. The zero-order valence-electron chi connectivity index (χ0n) is 12.9. The van der Waals surface area contributed by atoms with Crippen molar-refractivity contribution in [2.24, 2.45) is 0 Å². The summed E-state index contributed by atoms with van der Waals surface area (Å²) in [4.78, 5) is 17.3. The molecule has 3 rings (SSSR count). The first-order valence-corrected chi connectivity index (χ1v) is 7.54. The highest BCUT2D eigenvalue weighted by Gasteiger charge is 2.17. The quantitative estimate of drug-likeness (QED) is 0.855. The molecule has 0 aliphatic carbocycles. The van der Waals surface area contributed by atoms with Crippen LogP contribution in [0.1, 0.15) is 29.8 Å². The number of carbonyl (C=O) groups excluding carboxylic acids is 1. The Morgan fingerprint density at radius 3 is 2.83 bits per heavy atom. The molecule has 1 saturated heterocycles. The number of hydrogen-bond donors (Lipinski definition) is 1. The van der Waals surface area contributed by atoms with E-state index in [0.717, 1.165) is 30.7 Å². The number of hydrogen-bond acceptors (Lipinski definition) is 5. The minimum absolute atomic E-state index is 0.275. The number of benzene rings is 1. The maximum atomic E-state index is 12.0. The number of nitrogens with one attached hydrogen (secondary N) is 1. The summed E-state index contributed by atoms with van der Waals surface area (Å²) in [6, 6.07) is 9.02. The van der Waals surface area contributed by atoms with Crippen LogP contribution in [0.2, 0.25) is 0 Å². The zero-order valence-corrected chi connectivity index (χ0v) is 12.9. The van der Waals surface area contributed by atoms with E-state index in [1.54, 1.807) is 24.1 Å². The van der Waals surface area contributed by atoms with Crippen LogP contribution < -0.4 is 10.2 Å². The van der Waals surface area contributed by atoms with Gasteiger partial charge < -0.3 is 9.47 Å². The first kappa shape index (κ1) is 15.5. The Bertz CT molecular complexity index is 648. The standard InChI is InChI=1S/C16H19N3O4/c1-21-13-7-5-12(6-8-13)19-10-9-14(17-19)16(20)18-23-15-4-2-3-11-22-15/h5-10,15H,2-4,11H2,1H3,(H,18,20)/t15-/m1/s1. The third-order valence-electron chi connectivity index (χ3n) is 3.58. The molecule has 0 radical (unpaired) electrons. The van der Waals surface area contributed by atoms with Gasteiger partial charge in [0.2, 0.25) is 0 Å². The Labute approximate surface area is 134 Å². The molecule has 1 fully saturated rings. The van der Waals surface area contributed by atoms with Crippen molar-refractivity contribution in [2.45, 2.75) is 25.6 Å². The molecular weight excluding hydrogens is 298 g/mol. The molecule has 0 saturated carbocycles. The number of rotatable bonds is 5. The summed E-state index contributed by atoms with van der Waals surface area (Å²) in [6.45, 7) is 0.659. The third-order valence-corrected chi connectivity index (χ3v) is 3.58. The van der Waals surface area contributed by atoms with Gasteiger partial charge >= 0.3 is 0 Å². The summed E-state index contributed by atoms with van der Waals surface area (Å²) in [5, 5.41) is 4.24. The maximum absolute atomic E-state index is 12.0. The Kier molecular flexibility index (Phi) is 4.89. The molecule has 7 nitrogen and oxygen atoms in total. The van der Waals surface area contributed by atoms with Gasteiger partial charge in [0.25, 0.3) is 5.91 Å². The van der Waals surface area contributed by atoms with Crippen molar-refractivity contribution in [3.63, 3.8) is 0 Å². The number of nitrogens with zero attached hydrogens (tertiary/aromatic N) is 2. The molecule has 2 heterocycles. The SMILES string of the molecule is COc1ccc(-n2ccc(C(=O)NO[C@@H]3CCCCO3)n2)cc1. The molecule has 122 valence electrons. The number of hydroxylamine groups is 1. The highest BCUT2D eigenvalue weighted by atomic mass is 16.8. The van der Waals surface area contributed by atoms with Crippen molar-refractivity contribution >= 4 is 5.91 Å². The van der Waals surface area contributed by atoms with Gasteiger partial charge in [0.05, 0.1) is 12.8 Å². The van der Waals surface area contributed by atoms with Crippen LogP contribution in [0.4, 0.5) is 0 Å². The predicted octanol–water partition coefficient (Wildman–Crippen LogP) is 2.07. The van der Waals surface area contributed by atoms with Gasteiger partial charge in [-0.3, -0.25) is 4.79 Å². The van der Waals surface area contributed by atoms with Gasteiger partial charge in [-0.15, -0.1) is 0 Å². The molecule has 1 aliphatic rings. The fraction of sp³-hybridized carbons (Fsp3) is 0.375. The lowest BCUT2D eigenvalue weighted by atomic mass is 10.2. The van der Waals surface area contributed by atoms with E-state index in [-0.39, 0.29) is 12.0 Å². The normalized spacial score (nSPS) is 17.7. The highest BCUT2D eigenvalue weighted by molar-refractivity contribution is 5.91. The fourth-order valence-electron chi connectivity index (χ4n) is 2.30. The smallest absolute Gasteiger partial charge is 0.295 e. The van der Waals surface area contributed by atoms with Gasteiger partial charge in [0, 0.05) is 19.2 Å². The number of ether oxygens (including phenoxy) is 2. The van der Waals surface area contributed by atoms with E-state index in [1.807, 2.05) is 24.3 Å². The second kappa shape index (κ2) is 7.26. The van der Waals surface area contributed by atoms with Gasteiger partial charge in [0.15, 0.2) is 12.0 Å². The van der Waals surface area contributed by atoms with Crippen molar-refractivity contribution in [1.82, 2.24) is 15.3 Å². The van der Waals surface area contributed by atoms with Gasteiger partial charge in [-0.05, 0) is 43.2 Å². The van der Waals surface area contributed by atoms with Gasteiger partial charge in [0.1, 0.15) is 5.75 Å². The zero-order chi connectivity index (χ0) is 16.1. The van der Waals surface area contributed by atoms with Crippen LogP contribution in [-0.2, 0) is 9.57 Å². The predicted molar refractivity (Wildman–Crippen MR) is 82.3 cm³/mol. The lowest BCUT2D eigenvalue weighted by molar-refractivity contribution is -0.186. The molecule has 0 bridgehead atoms. The van der Waals surface area contributed by atoms with Gasteiger partial charge in [-0.1, -0.05) is 0 Å². The third kappa shape index (κ3) is 3.88. The minimum atomic E-state index is -0.397. The summed E-state index contributed by atoms with van der Waals surface area (Å²) in [5.74, 6) is 0.367. The Morgan fingerprint density at radius 1 is 1.30 bits per heavy atom. The Hall–Kier alpha value is -2.38. The van der Waals surface area contributed by atoms with Crippen LogP contribution in [0.3, 0.4) is 0 Å². The molecule has 7 heteroatoms. The second-order valence-corrected chi connectivity index (χ2v) is 5.19. The number of methoxy groups -OCH3 is 1. The summed E-state index contributed by atoms with van der Waals surface area (Å²) in [7, 11) is 1.61. The maximum Gasteiger partial charge on any atom is 0.295 e.